The average Bonchev–Trinajstić information content (AvgIpc) is 2.28. The summed E-state index contributed by atoms with van der Waals surface area (Å²) in [6.07, 6.45) is 0. The highest BCUT2D eigenvalue weighted by atomic mass is 35.5. The van der Waals surface area contributed by atoms with E-state index < -0.39 is 45.7 Å². The fraction of sp³-hybridized carbons (Fsp3) is 0. The maximum absolute atomic E-state index is 11.5. The Morgan fingerprint density at radius 3 is 1.88 bits per heavy atom. The zero-order valence-electron chi connectivity index (χ0n) is 8.06. The topological polar surface area (TPSA) is 115 Å². The van der Waals surface area contributed by atoms with Crippen molar-refractivity contribution in [3.8, 4) is 11.5 Å². The van der Waals surface area contributed by atoms with Crippen molar-refractivity contribution in [2.45, 2.75) is 0 Å². The summed E-state index contributed by atoms with van der Waals surface area (Å²) in [7, 11) is 0. The molecule has 17 heavy (non-hydrogen) atoms. The smallest absolute Gasteiger partial charge is 0.236 e. The third kappa shape index (κ3) is 1.34. The Kier molecular flexibility index (Phi) is 2.25. The molecule has 0 aliphatic heterocycles. The highest BCUT2D eigenvalue weighted by molar-refractivity contribution is 6.35. The first kappa shape index (κ1) is 11.3. The largest absolute Gasteiger partial charge is 0.507 e. The lowest BCUT2D eigenvalue weighted by atomic mass is 9.90. The van der Waals surface area contributed by atoms with Crippen molar-refractivity contribution in [1.82, 2.24) is 0 Å². The Balaban J connectivity index is 2.90. The minimum atomic E-state index is -1.19. The first-order valence-electron chi connectivity index (χ1n) is 4.32. The number of rotatable bonds is 0. The van der Waals surface area contributed by atoms with Crippen LogP contribution in [0, 0.1) is 0 Å². The second kappa shape index (κ2) is 3.39. The minimum Gasteiger partial charge on any atom is -0.507 e. The van der Waals surface area contributed by atoms with E-state index in [1.165, 1.54) is 0 Å². The fourth-order valence-corrected chi connectivity index (χ4v) is 1.73. The molecule has 0 fully saturated rings. The molecular formula is C10H5ClO6. The highest BCUT2D eigenvalue weighted by Crippen LogP contribution is 2.40. The molecule has 0 spiro atoms. The molecular weight excluding hydrogens is 252 g/mol. The number of Topliss-reactive ketones (excluding diaryl/α,β-unsaturated/α-hetero) is 2. The normalized spacial score (nSPS) is 15.1. The number of fused-ring (bicyclic) bond motifs is 1. The van der Waals surface area contributed by atoms with Crippen molar-refractivity contribution in [3.05, 3.63) is 33.7 Å². The highest BCUT2D eigenvalue weighted by Gasteiger charge is 2.37. The summed E-state index contributed by atoms with van der Waals surface area (Å²) in [4.78, 5) is 23.1. The summed E-state index contributed by atoms with van der Waals surface area (Å²) in [5, 5.41) is 37.0. The lowest BCUT2D eigenvalue weighted by Gasteiger charge is -2.16. The van der Waals surface area contributed by atoms with E-state index in [1.807, 2.05) is 0 Å². The van der Waals surface area contributed by atoms with Crippen LogP contribution in [0.4, 0.5) is 0 Å². The van der Waals surface area contributed by atoms with E-state index in [4.69, 9.17) is 11.6 Å². The van der Waals surface area contributed by atoms with Crippen LogP contribution >= 0.6 is 11.6 Å². The monoisotopic (exact) mass is 256 g/mol. The van der Waals surface area contributed by atoms with Gasteiger partial charge in [0.15, 0.2) is 0 Å². The van der Waals surface area contributed by atoms with E-state index in [9.17, 15) is 30.0 Å². The van der Waals surface area contributed by atoms with Crippen molar-refractivity contribution < 1.29 is 30.0 Å². The van der Waals surface area contributed by atoms with Gasteiger partial charge in [0.05, 0.1) is 16.1 Å². The van der Waals surface area contributed by atoms with Gasteiger partial charge in [-0.3, -0.25) is 9.59 Å². The Hall–Kier alpha value is -2.21. The predicted octanol–water partition coefficient (Wildman–Crippen LogP) is 1.46. The Bertz CT molecular complexity index is 601. The van der Waals surface area contributed by atoms with E-state index in [0.717, 1.165) is 6.07 Å². The SMILES string of the molecule is O=C1C(O)=C(O)C(=O)c2c(O)c(Cl)cc(O)c21. The van der Waals surface area contributed by atoms with Crippen molar-refractivity contribution >= 4 is 23.2 Å². The molecule has 88 valence electrons. The lowest BCUT2D eigenvalue weighted by molar-refractivity contribution is 0.0875. The van der Waals surface area contributed by atoms with Crippen molar-refractivity contribution in [1.29, 1.82) is 0 Å². The van der Waals surface area contributed by atoms with Gasteiger partial charge in [-0.25, -0.2) is 0 Å². The van der Waals surface area contributed by atoms with E-state index in [0.29, 0.717) is 0 Å². The number of carbonyl (C=O) groups excluding carboxylic acids is 2. The van der Waals surface area contributed by atoms with Gasteiger partial charge in [0.1, 0.15) is 11.5 Å². The maximum atomic E-state index is 11.5. The van der Waals surface area contributed by atoms with E-state index in [-0.39, 0.29) is 5.02 Å². The molecule has 0 atom stereocenters. The third-order valence-electron chi connectivity index (χ3n) is 2.34. The molecule has 0 saturated heterocycles. The van der Waals surface area contributed by atoms with Crippen molar-refractivity contribution in [2.75, 3.05) is 0 Å². The van der Waals surface area contributed by atoms with Gasteiger partial charge < -0.3 is 20.4 Å². The molecule has 0 bridgehead atoms. The average molecular weight is 257 g/mol. The molecule has 4 N–H and O–H groups in total. The number of phenolic OH excluding ortho intramolecular Hbond substituents is 2. The summed E-state index contributed by atoms with van der Waals surface area (Å²) >= 11 is 5.51. The van der Waals surface area contributed by atoms with Crippen molar-refractivity contribution in [2.24, 2.45) is 0 Å². The Morgan fingerprint density at radius 1 is 0.882 bits per heavy atom. The lowest BCUT2D eigenvalue weighted by Crippen LogP contribution is -2.22. The molecule has 1 aliphatic carbocycles. The zero-order chi connectivity index (χ0) is 12.9. The quantitative estimate of drug-likeness (QED) is 0.522. The zero-order valence-corrected chi connectivity index (χ0v) is 8.82. The van der Waals surface area contributed by atoms with Crippen LogP contribution in [0.3, 0.4) is 0 Å². The molecule has 0 radical (unpaired) electrons. The number of halogens is 1. The maximum Gasteiger partial charge on any atom is 0.236 e. The molecule has 0 saturated carbocycles. The van der Waals surface area contributed by atoms with Crippen LogP contribution in [0.1, 0.15) is 20.7 Å². The first-order valence-corrected chi connectivity index (χ1v) is 4.70. The van der Waals surface area contributed by atoms with Crippen LogP contribution in [0.2, 0.25) is 5.02 Å². The van der Waals surface area contributed by atoms with Gasteiger partial charge in [0.2, 0.25) is 23.1 Å². The molecule has 0 aromatic heterocycles. The number of allylic oxidation sites excluding steroid dienone is 2. The summed E-state index contributed by atoms with van der Waals surface area (Å²) in [6.45, 7) is 0. The number of hydrogen-bond donors (Lipinski definition) is 4. The number of aliphatic hydroxyl groups is 2. The summed E-state index contributed by atoms with van der Waals surface area (Å²) in [5.41, 5.74) is -1.22. The number of benzene rings is 1. The second-order valence-corrected chi connectivity index (χ2v) is 3.74. The molecule has 0 unspecified atom stereocenters. The van der Waals surface area contributed by atoms with E-state index in [2.05, 4.69) is 0 Å². The van der Waals surface area contributed by atoms with Gasteiger partial charge in [0.25, 0.3) is 0 Å². The second-order valence-electron chi connectivity index (χ2n) is 3.33. The number of hydrogen-bond acceptors (Lipinski definition) is 6. The number of carbonyl (C=O) groups is 2. The van der Waals surface area contributed by atoms with Crippen LogP contribution < -0.4 is 0 Å². The predicted molar refractivity (Wildman–Crippen MR) is 55.7 cm³/mol. The first-order chi connectivity index (χ1) is 7.86. The van der Waals surface area contributed by atoms with Crippen molar-refractivity contribution in [3.63, 3.8) is 0 Å². The van der Waals surface area contributed by atoms with Gasteiger partial charge in [0, 0.05) is 6.07 Å². The van der Waals surface area contributed by atoms with Crippen LogP contribution in [0.25, 0.3) is 0 Å². The van der Waals surface area contributed by atoms with Gasteiger partial charge in [-0.2, -0.15) is 0 Å². The standard InChI is InChI=1S/C10H5ClO6/c11-2-1-3(12)4-5(6(2)13)8(15)10(17)9(16)7(4)14/h1,12-13,16-17H. The van der Waals surface area contributed by atoms with Gasteiger partial charge in [-0.05, 0) is 0 Å². The molecule has 0 amide bonds. The van der Waals surface area contributed by atoms with Gasteiger partial charge in [-0.15, -0.1) is 0 Å². The fourth-order valence-electron chi connectivity index (χ4n) is 1.53. The molecule has 2 rings (SSSR count). The van der Waals surface area contributed by atoms with Crippen LogP contribution in [0.5, 0.6) is 11.5 Å². The molecule has 1 aliphatic rings. The van der Waals surface area contributed by atoms with E-state index >= 15 is 0 Å². The van der Waals surface area contributed by atoms with Crippen LogP contribution in [-0.2, 0) is 0 Å². The molecule has 1 aromatic rings. The van der Waals surface area contributed by atoms with Gasteiger partial charge in [-0.1, -0.05) is 11.6 Å². The number of aliphatic hydroxyl groups excluding tert-OH is 2. The molecule has 1 aromatic carbocycles. The number of aromatic hydroxyl groups is 2. The molecule has 0 heterocycles. The molecule has 7 heteroatoms. The third-order valence-corrected chi connectivity index (χ3v) is 2.63. The van der Waals surface area contributed by atoms with Gasteiger partial charge >= 0.3 is 0 Å². The van der Waals surface area contributed by atoms with Crippen LogP contribution in [-0.4, -0.2) is 32.0 Å². The van der Waals surface area contributed by atoms with E-state index in [1.54, 1.807) is 0 Å². The number of phenols is 2. The summed E-state index contributed by atoms with van der Waals surface area (Å²) in [6, 6.07) is 0.858. The summed E-state index contributed by atoms with van der Waals surface area (Å²) < 4.78 is 0. The minimum absolute atomic E-state index is 0.350. The summed E-state index contributed by atoms with van der Waals surface area (Å²) in [5.74, 6) is -6.13. The Labute approximate surface area is 99.0 Å². The molecule has 6 nitrogen and oxygen atoms in total. The van der Waals surface area contributed by atoms with Crippen LogP contribution in [0.15, 0.2) is 17.6 Å². The Morgan fingerprint density at radius 2 is 1.35 bits per heavy atom. The number of ketones is 2.